The summed E-state index contributed by atoms with van der Waals surface area (Å²) in [5.74, 6) is 0. The van der Waals surface area contributed by atoms with Crippen molar-refractivity contribution < 1.29 is 0 Å². The Balaban J connectivity index is 2.20. The molecule has 0 unspecified atom stereocenters. The molecular weight excluding hydrogens is 218 g/mol. The van der Waals surface area contributed by atoms with Gasteiger partial charge in [0.05, 0.1) is 0 Å². The van der Waals surface area contributed by atoms with Crippen LogP contribution in [0.15, 0.2) is 46.7 Å². The Bertz CT molecular complexity index is 471. The van der Waals surface area contributed by atoms with Crippen LogP contribution in [0.1, 0.15) is 11.1 Å². The highest BCUT2D eigenvalue weighted by Gasteiger charge is 2.02. The summed E-state index contributed by atoms with van der Waals surface area (Å²) in [7, 11) is 0. The molecule has 0 fully saturated rings. The monoisotopic (exact) mass is 231 g/mol. The van der Waals surface area contributed by atoms with Crippen molar-refractivity contribution in [1.29, 1.82) is 0 Å². The van der Waals surface area contributed by atoms with Crippen LogP contribution < -0.4 is 5.73 Å². The van der Waals surface area contributed by atoms with Crippen molar-refractivity contribution in [1.82, 2.24) is 9.97 Å². The molecule has 1 aromatic heterocycles. The van der Waals surface area contributed by atoms with Gasteiger partial charge in [0.25, 0.3) is 0 Å². The second kappa shape index (κ2) is 5.09. The lowest BCUT2D eigenvalue weighted by Gasteiger charge is -2.05. The molecule has 0 aliphatic rings. The van der Waals surface area contributed by atoms with E-state index < -0.39 is 0 Å². The smallest absolute Gasteiger partial charge is 0.192 e. The number of aryl methyl sites for hydroxylation is 1. The number of nitrogens with two attached hydrogens (primary N) is 1. The molecule has 16 heavy (non-hydrogen) atoms. The summed E-state index contributed by atoms with van der Waals surface area (Å²) < 4.78 is 0. The molecule has 0 saturated carbocycles. The molecular formula is C12H13N3S. The van der Waals surface area contributed by atoms with Gasteiger partial charge in [-0.2, -0.15) is 0 Å². The molecule has 0 atom stereocenters. The van der Waals surface area contributed by atoms with Crippen molar-refractivity contribution in [3.8, 4) is 0 Å². The van der Waals surface area contributed by atoms with E-state index in [-0.39, 0.29) is 0 Å². The van der Waals surface area contributed by atoms with Crippen molar-refractivity contribution in [3.05, 3.63) is 47.8 Å². The van der Waals surface area contributed by atoms with Gasteiger partial charge >= 0.3 is 0 Å². The number of benzene rings is 1. The number of nitrogens with zero attached hydrogens (tertiary/aromatic N) is 2. The van der Waals surface area contributed by atoms with Crippen LogP contribution in [0.4, 0.5) is 0 Å². The predicted octanol–water partition coefficient (Wildman–Crippen LogP) is 2.39. The van der Waals surface area contributed by atoms with Gasteiger partial charge in [-0.15, -0.1) is 0 Å². The SMILES string of the molecule is Cc1cc(Sc2ncccn2)ccc1CN. The minimum Gasteiger partial charge on any atom is -0.326 e. The average molecular weight is 231 g/mol. The molecule has 3 nitrogen and oxygen atoms in total. The van der Waals surface area contributed by atoms with Gasteiger partial charge < -0.3 is 5.73 Å². The summed E-state index contributed by atoms with van der Waals surface area (Å²) in [5, 5.41) is 0.766. The van der Waals surface area contributed by atoms with E-state index in [1.807, 2.05) is 6.07 Å². The first kappa shape index (κ1) is 11.1. The zero-order valence-electron chi connectivity index (χ0n) is 9.05. The van der Waals surface area contributed by atoms with Crippen LogP contribution in [0.3, 0.4) is 0 Å². The molecule has 82 valence electrons. The van der Waals surface area contributed by atoms with Gasteiger partial charge in [0, 0.05) is 23.8 Å². The third-order valence-corrected chi connectivity index (χ3v) is 3.17. The van der Waals surface area contributed by atoms with Gasteiger partial charge in [-0.3, -0.25) is 0 Å². The molecule has 0 amide bonds. The Kier molecular flexibility index (Phi) is 3.54. The maximum absolute atomic E-state index is 5.62. The van der Waals surface area contributed by atoms with Gasteiger partial charge in [0.15, 0.2) is 5.16 Å². The first-order valence-electron chi connectivity index (χ1n) is 5.04. The van der Waals surface area contributed by atoms with Crippen molar-refractivity contribution in [2.45, 2.75) is 23.5 Å². The molecule has 2 rings (SSSR count). The summed E-state index contributed by atoms with van der Waals surface area (Å²) in [6, 6.07) is 8.03. The average Bonchev–Trinajstić information content (AvgIpc) is 2.31. The van der Waals surface area contributed by atoms with Crippen LogP contribution in [0, 0.1) is 6.92 Å². The normalized spacial score (nSPS) is 10.4. The summed E-state index contributed by atoms with van der Waals surface area (Å²) >= 11 is 1.56. The molecule has 0 saturated heterocycles. The molecule has 0 aliphatic heterocycles. The second-order valence-corrected chi connectivity index (χ2v) is 4.47. The quantitative estimate of drug-likeness (QED) is 0.824. The third-order valence-electron chi connectivity index (χ3n) is 2.29. The number of hydrogen-bond donors (Lipinski definition) is 1. The fraction of sp³-hybridized carbons (Fsp3) is 0.167. The Morgan fingerprint density at radius 1 is 1.25 bits per heavy atom. The maximum Gasteiger partial charge on any atom is 0.192 e. The molecule has 0 aliphatic carbocycles. The van der Waals surface area contributed by atoms with E-state index in [9.17, 15) is 0 Å². The molecule has 2 aromatic rings. The Morgan fingerprint density at radius 3 is 2.62 bits per heavy atom. The predicted molar refractivity (Wildman–Crippen MR) is 65.2 cm³/mol. The van der Waals surface area contributed by atoms with E-state index in [2.05, 4.69) is 35.1 Å². The highest BCUT2D eigenvalue weighted by atomic mass is 32.2. The molecule has 1 heterocycles. The largest absolute Gasteiger partial charge is 0.326 e. The van der Waals surface area contributed by atoms with Gasteiger partial charge in [0.2, 0.25) is 0 Å². The van der Waals surface area contributed by atoms with Crippen molar-refractivity contribution in [2.75, 3.05) is 0 Å². The lowest BCUT2D eigenvalue weighted by molar-refractivity contribution is 0.966. The van der Waals surface area contributed by atoms with Crippen LogP contribution in [-0.2, 0) is 6.54 Å². The van der Waals surface area contributed by atoms with E-state index in [1.165, 1.54) is 11.1 Å². The van der Waals surface area contributed by atoms with Crippen molar-refractivity contribution >= 4 is 11.8 Å². The number of aromatic nitrogens is 2. The van der Waals surface area contributed by atoms with Gasteiger partial charge in [-0.25, -0.2) is 9.97 Å². The first-order valence-corrected chi connectivity index (χ1v) is 5.85. The van der Waals surface area contributed by atoms with E-state index in [1.54, 1.807) is 24.2 Å². The van der Waals surface area contributed by atoms with E-state index in [0.717, 1.165) is 10.1 Å². The van der Waals surface area contributed by atoms with Crippen LogP contribution in [-0.4, -0.2) is 9.97 Å². The lowest BCUT2D eigenvalue weighted by Crippen LogP contribution is -1.98. The van der Waals surface area contributed by atoms with Crippen LogP contribution >= 0.6 is 11.8 Å². The number of rotatable bonds is 3. The molecule has 4 heteroatoms. The molecule has 0 radical (unpaired) electrons. The van der Waals surface area contributed by atoms with Crippen LogP contribution in [0.2, 0.25) is 0 Å². The standard InChI is InChI=1S/C12H13N3S/c1-9-7-11(4-3-10(9)8-13)16-12-14-5-2-6-15-12/h2-7H,8,13H2,1H3. The van der Waals surface area contributed by atoms with Crippen LogP contribution in [0.5, 0.6) is 0 Å². The molecule has 1 aromatic carbocycles. The summed E-state index contributed by atoms with van der Waals surface area (Å²) in [6.45, 7) is 2.65. The zero-order valence-corrected chi connectivity index (χ0v) is 9.87. The van der Waals surface area contributed by atoms with Crippen LogP contribution in [0.25, 0.3) is 0 Å². The maximum atomic E-state index is 5.62. The fourth-order valence-electron chi connectivity index (χ4n) is 1.40. The lowest BCUT2D eigenvalue weighted by atomic mass is 10.1. The summed E-state index contributed by atoms with van der Waals surface area (Å²) in [5.41, 5.74) is 8.01. The minimum absolute atomic E-state index is 0.582. The fourth-order valence-corrected chi connectivity index (χ4v) is 2.21. The topological polar surface area (TPSA) is 51.8 Å². The Labute approximate surface area is 99.1 Å². The number of hydrogen-bond acceptors (Lipinski definition) is 4. The van der Waals surface area contributed by atoms with Gasteiger partial charge in [0.1, 0.15) is 0 Å². The van der Waals surface area contributed by atoms with E-state index in [4.69, 9.17) is 5.73 Å². The zero-order chi connectivity index (χ0) is 11.4. The highest BCUT2D eigenvalue weighted by molar-refractivity contribution is 7.99. The third kappa shape index (κ3) is 2.59. The summed E-state index contributed by atoms with van der Waals surface area (Å²) in [4.78, 5) is 9.49. The van der Waals surface area contributed by atoms with Gasteiger partial charge in [-0.1, -0.05) is 6.07 Å². The van der Waals surface area contributed by atoms with E-state index >= 15 is 0 Å². The minimum atomic E-state index is 0.582. The second-order valence-electron chi connectivity index (χ2n) is 3.43. The Morgan fingerprint density at radius 2 is 2.00 bits per heavy atom. The van der Waals surface area contributed by atoms with Crippen molar-refractivity contribution in [2.24, 2.45) is 5.73 Å². The highest BCUT2D eigenvalue weighted by Crippen LogP contribution is 2.25. The van der Waals surface area contributed by atoms with E-state index in [0.29, 0.717) is 6.54 Å². The Hall–Kier alpha value is -1.39. The molecule has 0 spiro atoms. The molecule has 0 bridgehead atoms. The van der Waals surface area contributed by atoms with Gasteiger partial charge in [-0.05, 0) is 48.0 Å². The first-order chi connectivity index (χ1) is 7.79. The van der Waals surface area contributed by atoms with Crippen molar-refractivity contribution in [3.63, 3.8) is 0 Å². The molecule has 2 N–H and O–H groups in total. The summed E-state index contributed by atoms with van der Waals surface area (Å²) in [6.07, 6.45) is 3.49.